The molecule has 1 aromatic carbocycles. The molecule has 22 heavy (non-hydrogen) atoms. The summed E-state index contributed by atoms with van der Waals surface area (Å²) in [6, 6.07) is 7.47. The fourth-order valence-electron chi connectivity index (χ4n) is 2.53. The maximum absolute atomic E-state index is 12.5. The molecule has 3 aromatic rings. The number of aromatic amines is 1. The summed E-state index contributed by atoms with van der Waals surface area (Å²) in [5.74, 6) is 0.706. The smallest absolute Gasteiger partial charge is 0.255 e. The number of hydrogen-bond donors (Lipinski definition) is 3. The van der Waals surface area contributed by atoms with Gasteiger partial charge in [0, 0.05) is 28.5 Å². The molecule has 6 nitrogen and oxygen atoms in total. The van der Waals surface area contributed by atoms with Gasteiger partial charge < -0.3 is 11.1 Å². The van der Waals surface area contributed by atoms with Crippen molar-refractivity contribution in [3.8, 4) is 0 Å². The molecule has 0 bridgehead atoms. The number of carbonyl (C=O) groups is 1. The lowest BCUT2D eigenvalue weighted by molar-refractivity contribution is 0.102. The van der Waals surface area contributed by atoms with Crippen LogP contribution in [0.2, 0.25) is 0 Å². The van der Waals surface area contributed by atoms with Crippen LogP contribution in [-0.4, -0.2) is 26.8 Å². The molecule has 1 atom stereocenters. The molecule has 0 saturated heterocycles. The second-order valence-electron chi connectivity index (χ2n) is 5.12. The van der Waals surface area contributed by atoms with Crippen LogP contribution in [0.1, 0.15) is 22.0 Å². The van der Waals surface area contributed by atoms with E-state index < -0.39 is 0 Å². The number of nitrogens with zero attached hydrogens (tertiary/aromatic N) is 2. The fourth-order valence-corrected chi connectivity index (χ4v) is 3.67. The third-order valence-corrected chi connectivity index (χ3v) is 4.89. The van der Waals surface area contributed by atoms with Crippen LogP contribution in [0.25, 0.3) is 11.0 Å². The van der Waals surface area contributed by atoms with Gasteiger partial charge in [0.25, 0.3) is 5.91 Å². The van der Waals surface area contributed by atoms with Crippen molar-refractivity contribution in [3.05, 3.63) is 47.8 Å². The van der Waals surface area contributed by atoms with Crippen molar-refractivity contribution in [3.63, 3.8) is 0 Å². The minimum atomic E-state index is -0.155. The van der Waals surface area contributed by atoms with Gasteiger partial charge in [0.05, 0.1) is 17.3 Å². The summed E-state index contributed by atoms with van der Waals surface area (Å²) in [6.07, 6.45) is 3.28. The zero-order chi connectivity index (χ0) is 15.1. The van der Waals surface area contributed by atoms with E-state index in [2.05, 4.69) is 20.5 Å². The maximum Gasteiger partial charge on any atom is 0.255 e. The van der Waals surface area contributed by atoms with E-state index in [4.69, 9.17) is 5.73 Å². The lowest BCUT2D eigenvalue weighted by atomic mass is 10.1. The molecule has 0 unspecified atom stereocenters. The molecular formula is C15H13N5OS. The predicted octanol–water partition coefficient (Wildman–Crippen LogP) is 2.32. The van der Waals surface area contributed by atoms with Gasteiger partial charge in [-0.05, 0) is 23.8 Å². The number of nitrogens with one attached hydrogen (secondary N) is 2. The zero-order valence-corrected chi connectivity index (χ0v) is 12.4. The molecule has 0 radical (unpaired) electrons. The summed E-state index contributed by atoms with van der Waals surface area (Å²) in [4.78, 5) is 17.7. The van der Waals surface area contributed by atoms with Crippen LogP contribution in [-0.2, 0) is 0 Å². The first kappa shape index (κ1) is 13.3. The Morgan fingerprint density at radius 1 is 1.41 bits per heavy atom. The molecule has 4 N–H and O–H groups in total. The van der Waals surface area contributed by atoms with Gasteiger partial charge in [0.1, 0.15) is 0 Å². The topological polar surface area (TPSA) is 96.7 Å². The number of fused-ring (bicyclic) bond motifs is 2. The molecule has 0 aliphatic carbocycles. The highest BCUT2D eigenvalue weighted by Crippen LogP contribution is 2.37. The number of aromatic nitrogens is 3. The number of benzene rings is 1. The minimum Gasteiger partial charge on any atom is -0.323 e. The Kier molecular flexibility index (Phi) is 3.09. The number of nitrogens with two attached hydrogens (primary N) is 1. The molecule has 0 spiro atoms. The number of rotatable bonds is 2. The van der Waals surface area contributed by atoms with Crippen molar-refractivity contribution in [2.45, 2.75) is 10.9 Å². The molecule has 2 aromatic heterocycles. The van der Waals surface area contributed by atoms with Crippen LogP contribution < -0.4 is 11.1 Å². The summed E-state index contributed by atoms with van der Waals surface area (Å²) in [7, 11) is 0. The average molecular weight is 311 g/mol. The quantitative estimate of drug-likeness (QED) is 0.675. The molecule has 0 fully saturated rings. The van der Waals surface area contributed by atoms with E-state index in [9.17, 15) is 4.79 Å². The maximum atomic E-state index is 12.5. The van der Waals surface area contributed by atoms with E-state index in [0.29, 0.717) is 16.9 Å². The Hall–Kier alpha value is -2.38. The van der Waals surface area contributed by atoms with Crippen molar-refractivity contribution in [1.29, 1.82) is 0 Å². The van der Waals surface area contributed by atoms with Crippen LogP contribution in [0.3, 0.4) is 0 Å². The van der Waals surface area contributed by atoms with Crippen LogP contribution in [0.4, 0.5) is 5.69 Å². The summed E-state index contributed by atoms with van der Waals surface area (Å²) >= 11 is 1.69. The van der Waals surface area contributed by atoms with Gasteiger partial charge in [-0.1, -0.05) is 6.07 Å². The SMILES string of the molecule is N[C@@H]1CSc2cc(C(=O)Nc3ccnc4[nH]ncc34)ccc21. The lowest BCUT2D eigenvalue weighted by Gasteiger charge is -2.08. The predicted molar refractivity (Wildman–Crippen MR) is 85.9 cm³/mol. The Balaban J connectivity index is 1.64. The number of carbonyl (C=O) groups excluding carboxylic acids is 1. The van der Waals surface area contributed by atoms with Gasteiger partial charge in [-0.2, -0.15) is 5.10 Å². The van der Waals surface area contributed by atoms with Crippen molar-refractivity contribution in [1.82, 2.24) is 15.2 Å². The first-order valence-corrected chi connectivity index (χ1v) is 7.83. The van der Waals surface area contributed by atoms with Gasteiger partial charge >= 0.3 is 0 Å². The molecule has 0 saturated carbocycles. The summed E-state index contributed by atoms with van der Waals surface area (Å²) in [6.45, 7) is 0. The van der Waals surface area contributed by atoms with Crippen molar-refractivity contribution >= 4 is 34.4 Å². The number of hydrogen-bond acceptors (Lipinski definition) is 5. The van der Waals surface area contributed by atoms with E-state index in [1.807, 2.05) is 18.2 Å². The third-order valence-electron chi connectivity index (χ3n) is 3.70. The number of thioether (sulfide) groups is 1. The minimum absolute atomic E-state index is 0.0582. The second-order valence-corrected chi connectivity index (χ2v) is 6.18. The van der Waals surface area contributed by atoms with Crippen LogP contribution in [0, 0.1) is 0 Å². The number of anilines is 1. The number of pyridine rings is 1. The Morgan fingerprint density at radius 2 is 2.32 bits per heavy atom. The standard InChI is InChI=1S/C15H13N5OS/c16-11-7-22-13-5-8(1-2-9(11)13)15(21)19-12-3-4-17-14-10(12)6-18-20-14/h1-6,11H,7,16H2,(H2,17,18,19,20,21)/t11-/m1/s1. The van der Waals surface area contributed by atoms with E-state index >= 15 is 0 Å². The Labute approximate surface area is 130 Å². The van der Waals surface area contributed by atoms with E-state index in [1.54, 1.807) is 30.2 Å². The molecule has 3 heterocycles. The van der Waals surface area contributed by atoms with E-state index in [-0.39, 0.29) is 11.9 Å². The Morgan fingerprint density at radius 3 is 3.23 bits per heavy atom. The lowest BCUT2D eigenvalue weighted by Crippen LogP contribution is -2.13. The molecule has 7 heteroatoms. The normalized spacial score (nSPS) is 16.7. The van der Waals surface area contributed by atoms with Crippen LogP contribution in [0.5, 0.6) is 0 Å². The Bertz CT molecular complexity index is 875. The number of H-pyrrole nitrogens is 1. The molecule has 4 rings (SSSR count). The molecule has 1 aliphatic rings. The fraction of sp³-hybridized carbons (Fsp3) is 0.133. The first-order valence-electron chi connectivity index (χ1n) is 6.84. The van der Waals surface area contributed by atoms with Gasteiger partial charge in [-0.15, -0.1) is 11.8 Å². The van der Waals surface area contributed by atoms with E-state index in [1.165, 1.54) is 0 Å². The van der Waals surface area contributed by atoms with Crippen molar-refractivity contribution in [2.75, 3.05) is 11.1 Å². The second kappa shape index (κ2) is 5.11. The van der Waals surface area contributed by atoms with Gasteiger partial charge in [0.15, 0.2) is 5.65 Å². The first-order chi connectivity index (χ1) is 10.7. The van der Waals surface area contributed by atoms with Crippen molar-refractivity contribution < 1.29 is 4.79 Å². The molecule has 1 aliphatic heterocycles. The summed E-state index contributed by atoms with van der Waals surface area (Å²) in [5.41, 5.74) is 9.08. The van der Waals surface area contributed by atoms with Gasteiger partial charge in [-0.3, -0.25) is 9.89 Å². The summed E-state index contributed by atoms with van der Waals surface area (Å²) < 4.78 is 0. The molecule has 110 valence electrons. The molecular weight excluding hydrogens is 298 g/mol. The monoisotopic (exact) mass is 311 g/mol. The van der Waals surface area contributed by atoms with Crippen LogP contribution >= 0.6 is 11.8 Å². The van der Waals surface area contributed by atoms with Gasteiger partial charge in [0.2, 0.25) is 0 Å². The zero-order valence-electron chi connectivity index (χ0n) is 11.5. The summed E-state index contributed by atoms with van der Waals surface area (Å²) in [5, 5.41) is 10.4. The third kappa shape index (κ3) is 2.15. The molecule has 1 amide bonds. The van der Waals surface area contributed by atoms with E-state index in [0.717, 1.165) is 21.6 Å². The highest BCUT2D eigenvalue weighted by Gasteiger charge is 2.21. The number of amides is 1. The highest BCUT2D eigenvalue weighted by atomic mass is 32.2. The highest BCUT2D eigenvalue weighted by molar-refractivity contribution is 7.99. The van der Waals surface area contributed by atoms with Crippen LogP contribution in [0.15, 0.2) is 41.6 Å². The average Bonchev–Trinajstić information content (AvgIpc) is 3.14. The van der Waals surface area contributed by atoms with Gasteiger partial charge in [-0.25, -0.2) is 4.98 Å². The van der Waals surface area contributed by atoms with Crippen molar-refractivity contribution in [2.24, 2.45) is 5.73 Å². The largest absolute Gasteiger partial charge is 0.323 e.